The Hall–Kier alpha value is -4.25. The van der Waals surface area contributed by atoms with Gasteiger partial charge in [0.05, 0.1) is 30.2 Å². The standard InChI is InChI=1S/C34H33BFNO7/c1-20(14-21-11-12-29(38)28(36)15-21)10-13-30-31-22(18-43-25-8-3-2-4-9-25)16-26-32(27(31)19-44-30)34(40)37(33(26)39)24-7-5-6-23(17-24)35(41)42/h2-9,11-12,14-15,17,26-27,30,32,38,41-42H,10,13,16,18-19H2,1H3/b20-14+/t26-,27+,30-,32-/m1/s1. The summed E-state index contributed by atoms with van der Waals surface area (Å²) in [6.07, 6.45) is 3.23. The van der Waals surface area contributed by atoms with Crippen LogP contribution in [0, 0.1) is 23.6 Å². The van der Waals surface area contributed by atoms with E-state index >= 15 is 0 Å². The molecule has 3 aliphatic rings. The monoisotopic (exact) mass is 597 g/mol. The molecule has 6 rings (SSSR count). The molecule has 0 radical (unpaired) electrons. The van der Waals surface area contributed by atoms with Crippen LogP contribution in [0.3, 0.4) is 0 Å². The van der Waals surface area contributed by atoms with Crippen LogP contribution in [0.5, 0.6) is 11.5 Å². The molecule has 2 aliphatic heterocycles. The molecule has 4 atom stereocenters. The number of carbonyl (C=O) groups excluding carboxylic acids is 2. The second-order valence-electron chi connectivity index (χ2n) is 11.6. The molecule has 0 saturated carbocycles. The number of hydrogen-bond acceptors (Lipinski definition) is 7. The summed E-state index contributed by atoms with van der Waals surface area (Å²) in [5.41, 5.74) is 4.11. The Bertz CT molecular complexity index is 1640. The van der Waals surface area contributed by atoms with E-state index in [1.165, 1.54) is 29.2 Å². The summed E-state index contributed by atoms with van der Waals surface area (Å²) in [4.78, 5) is 28.9. The third-order valence-corrected chi connectivity index (χ3v) is 8.78. The summed E-state index contributed by atoms with van der Waals surface area (Å²) in [6.45, 7) is 2.51. The van der Waals surface area contributed by atoms with Gasteiger partial charge < -0.3 is 24.6 Å². The van der Waals surface area contributed by atoms with E-state index in [2.05, 4.69) is 0 Å². The van der Waals surface area contributed by atoms with Crippen molar-refractivity contribution in [1.82, 2.24) is 0 Å². The van der Waals surface area contributed by atoms with Gasteiger partial charge in [0.15, 0.2) is 11.6 Å². The van der Waals surface area contributed by atoms with Crippen LogP contribution in [-0.4, -0.2) is 53.4 Å². The number of benzene rings is 3. The van der Waals surface area contributed by atoms with Crippen LogP contribution in [-0.2, 0) is 14.3 Å². The summed E-state index contributed by atoms with van der Waals surface area (Å²) in [5, 5.41) is 28.8. The zero-order valence-corrected chi connectivity index (χ0v) is 24.2. The fourth-order valence-corrected chi connectivity index (χ4v) is 6.70. The van der Waals surface area contributed by atoms with Gasteiger partial charge in [0.2, 0.25) is 11.8 Å². The van der Waals surface area contributed by atoms with Gasteiger partial charge in [0.25, 0.3) is 0 Å². The number of nitrogens with zero attached hydrogens (tertiary/aromatic N) is 1. The summed E-state index contributed by atoms with van der Waals surface area (Å²) in [7, 11) is -1.73. The lowest BCUT2D eigenvalue weighted by Crippen LogP contribution is -2.36. The number of hydrogen-bond donors (Lipinski definition) is 3. The molecule has 44 heavy (non-hydrogen) atoms. The first-order chi connectivity index (χ1) is 21.2. The smallest absolute Gasteiger partial charge is 0.488 e. The second-order valence-corrected chi connectivity index (χ2v) is 11.6. The van der Waals surface area contributed by atoms with E-state index in [9.17, 15) is 29.1 Å². The molecule has 2 fully saturated rings. The SMILES string of the molecule is C/C(=C\c1ccc(O)c(F)c1)CC[C@H]1OC[C@H]2C1=C(COc1ccccc1)C[C@H]1C(=O)N(c3cccc(B(O)O)c3)C(=O)[C@H]12. The van der Waals surface area contributed by atoms with Crippen LogP contribution in [0.1, 0.15) is 31.7 Å². The Labute approximate surface area is 255 Å². The highest BCUT2D eigenvalue weighted by Gasteiger charge is 2.57. The third kappa shape index (κ3) is 5.80. The highest BCUT2D eigenvalue weighted by Crippen LogP contribution is 2.50. The van der Waals surface area contributed by atoms with Gasteiger partial charge in [0, 0.05) is 5.92 Å². The Morgan fingerprint density at radius 1 is 1.05 bits per heavy atom. The van der Waals surface area contributed by atoms with Crippen LogP contribution >= 0.6 is 0 Å². The van der Waals surface area contributed by atoms with Gasteiger partial charge in [0.1, 0.15) is 12.4 Å². The quantitative estimate of drug-likeness (QED) is 0.194. The molecule has 3 aromatic carbocycles. The number of fused-ring (bicyclic) bond motifs is 3. The molecule has 2 amide bonds. The van der Waals surface area contributed by atoms with Gasteiger partial charge in [-0.1, -0.05) is 48.0 Å². The number of carbonyl (C=O) groups is 2. The predicted octanol–water partition coefficient (Wildman–Crippen LogP) is 3.99. The van der Waals surface area contributed by atoms with Gasteiger partial charge in [-0.3, -0.25) is 14.5 Å². The number of amides is 2. The van der Waals surface area contributed by atoms with Gasteiger partial charge in [-0.05, 0) is 84.8 Å². The molecule has 2 saturated heterocycles. The zero-order valence-electron chi connectivity index (χ0n) is 24.2. The van der Waals surface area contributed by atoms with Crippen molar-refractivity contribution in [2.75, 3.05) is 18.1 Å². The van der Waals surface area contributed by atoms with Crippen molar-refractivity contribution in [1.29, 1.82) is 0 Å². The summed E-state index contributed by atoms with van der Waals surface area (Å²) in [5.74, 6) is -2.48. The van der Waals surface area contributed by atoms with Gasteiger partial charge in [-0.15, -0.1) is 0 Å². The molecule has 0 spiro atoms. The Kier molecular flexibility index (Phi) is 8.40. The molecular weight excluding hydrogens is 564 g/mol. The lowest BCUT2D eigenvalue weighted by molar-refractivity contribution is -0.122. The number of anilines is 1. The average molecular weight is 597 g/mol. The van der Waals surface area contributed by atoms with Crippen LogP contribution in [0.4, 0.5) is 10.1 Å². The van der Waals surface area contributed by atoms with Crippen LogP contribution in [0.15, 0.2) is 89.5 Å². The van der Waals surface area contributed by atoms with Crippen LogP contribution in [0.25, 0.3) is 6.08 Å². The minimum absolute atomic E-state index is 0.191. The number of rotatable bonds is 9. The summed E-state index contributed by atoms with van der Waals surface area (Å²) >= 11 is 0. The minimum atomic E-state index is -1.73. The van der Waals surface area contributed by atoms with E-state index in [1.807, 2.05) is 43.3 Å². The lowest BCUT2D eigenvalue weighted by atomic mass is 9.69. The second kappa shape index (κ2) is 12.4. The van der Waals surface area contributed by atoms with Crippen LogP contribution in [0.2, 0.25) is 0 Å². The van der Waals surface area contributed by atoms with Crippen LogP contribution < -0.4 is 15.1 Å². The van der Waals surface area contributed by atoms with Gasteiger partial charge in [-0.2, -0.15) is 0 Å². The first kappa shape index (κ1) is 29.8. The molecule has 8 nitrogen and oxygen atoms in total. The number of ether oxygens (including phenoxy) is 2. The van der Waals surface area contributed by atoms with Crippen molar-refractivity contribution in [2.24, 2.45) is 17.8 Å². The van der Waals surface area contributed by atoms with E-state index in [4.69, 9.17) is 9.47 Å². The first-order valence-electron chi connectivity index (χ1n) is 14.7. The van der Waals surface area contributed by atoms with E-state index in [0.29, 0.717) is 42.9 Å². The fraction of sp³-hybridized carbons (Fsp3) is 0.294. The molecule has 0 bridgehead atoms. The van der Waals surface area contributed by atoms with Crippen molar-refractivity contribution >= 4 is 36.2 Å². The maximum Gasteiger partial charge on any atom is 0.488 e. The lowest BCUT2D eigenvalue weighted by Gasteiger charge is -2.31. The molecule has 10 heteroatoms. The van der Waals surface area contributed by atoms with Gasteiger partial charge >= 0.3 is 7.12 Å². The number of phenolic OH excluding ortho intramolecular Hbond substituents is 1. The highest BCUT2D eigenvalue weighted by atomic mass is 19.1. The van der Waals surface area contributed by atoms with E-state index < -0.39 is 30.5 Å². The highest BCUT2D eigenvalue weighted by molar-refractivity contribution is 6.58. The van der Waals surface area contributed by atoms with E-state index in [-0.39, 0.29) is 35.9 Å². The largest absolute Gasteiger partial charge is 0.505 e. The van der Waals surface area contributed by atoms with E-state index in [1.54, 1.807) is 18.2 Å². The van der Waals surface area contributed by atoms with Crippen molar-refractivity contribution in [3.05, 3.63) is 101 Å². The Morgan fingerprint density at radius 3 is 2.59 bits per heavy atom. The molecule has 0 unspecified atom stereocenters. The maximum atomic E-state index is 13.9. The summed E-state index contributed by atoms with van der Waals surface area (Å²) < 4.78 is 26.3. The molecule has 1 aliphatic carbocycles. The van der Waals surface area contributed by atoms with E-state index in [0.717, 1.165) is 16.7 Å². The topological polar surface area (TPSA) is 117 Å². The van der Waals surface area contributed by atoms with Crippen molar-refractivity contribution in [2.45, 2.75) is 32.3 Å². The van der Waals surface area contributed by atoms with Crippen molar-refractivity contribution < 1.29 is 38.6 Å². The van der Waals surface area contributed by atoms with Gasteiger partial charge in [-0.25, -0.2) is 4.39 Å². The molecule has 3 N–H and O–H groups in total. The number of allylic oxidation sites excluding steroid dienone is 1. The fourth-order valence-electron chi connectivity index (χ4n) is 6.70. The number of phenols is 1. The first-order valence-corrected chi connectivity index (χ1v) is 14.7. The average Bonchev–Trinajstić information content (AvgIpc) is 3.55. The molecule has 2 heterocycles. The molecule has 226 valence electrons. The van der Waals surface area contributed by atoms with Crippen molar-refractivity contribution in [3.63, 3.8) is 0 Å². The minimum Gasteiger partial charge on any atom is -0.505 e. The third-order valence-electron chi connectivity index (χ3n) is 8.78. The molecule has 3 aromatic rings. The normalized spacial score (nSPS) is 23.2. The number of aromatic hydroxyl groups is 1. The number of halogens is 1. The number of imide groups is 1. The summed E-state index contributed by atoms with van der Waals surface area (Å²) in [6, 6.07) is 19.9. The predicted molar refractivity (Wildman–Crippen MR) is 164 cm³/mol. The molecular formula is C34H33BFNO7. The maximum absolute atomic E-state index is 13.9. The Balaban J connectivity index is 1.27. The Morgan fingerprint density at radius 2 is 1.84 bits per heavy atom. The zero-order chi connectivity index (χ0) is 31.0. The molecule has 0 aromatic heterocycles. The van der Waals surface area contributed by atoms with Crippen molar-refractivity contribution in [3.8, 4) is 11.5 Å². The number of para-hydroxylation sites is 1.